The molecule has 2 aromatic rings. The van der Waals surface area contributed by atoms with E-state index in [0.717, 1.165) is 6.07 Å². The smallest absolute Gasteiger partial charge is 0.393 e. The topological polar surface area (TPSA) is 36.4 Å². The highest BCUT2D eigenvalue weighted by molar-refractivity contribution is 5.92. The molecule has 2 heterocycles. The summed E-state index contributed by atoms with van der Waals surface area (Å²) in [5, 5.41) is 10.3. The van der Waals surface area contributed by atoms with Gasteiger partial charge in [0.05, 0.1) is 11.6 Å². The van der Waals surface area contributed by atoms with Crippen molar-refractivity contribution in [1.29, 1.82) is 0 Å². The van der Waals surface area contributed by atoms with Crippen molar-refractivity contribution in [2.45, 2.75) is 25.1 Å². The highest BCUT2D eigenvalue weighted by atomic mass is 19.4. The summed E-state index contributed by atoms with van der Waals surface area (Å²) >= 11 is 0. The number of rotatable bonds is 1. The van der Waals surface area contributed by atoms with E-state index >= 15 is 0 Å². The van der Waals surface area contributed by atoms with Gasteiger partial charge >= 0.3 is 6.18 Å². The first kappa shape index (κ1) is 14.1. The van der Waals surface area contributed by atoms with Gasteiger partial charge in [0.1, 0.15) is 5.69 Å². The van der Waals surface area contributed by atoms with Crippen molar-refractivity contribution in [1.82, 2.24) is 4.98 Å². The fourth-order valence-electron chi connectivity index (χ4n) is 2.67. The second-order valence-electron chi connectivity index (χ2n) is 5.26. The number of para-hydroxylation sites is 1. The highest BCUT2D eigenvalue weighted by Crippen LogP contribution is 2.35. The largest absolute Gasteiger partial charge is 0.433 e. The molecule has 0 aliphatic carbocycles. The number of anilines is 1. The number of pyridine rings is 1. The molecule has 3 rings (SSSR count). The third-order valence-electron chi connectivity index (χ3n) is 3.79. The average molecular weight is 296 g/mol. The lowest BCUT2D eigenvalue weighted by molar-refractivity contribution is -0.140. The zero-order chi connectivity index (χ0) is 15.0. The van der Waals surface area contributed by atoms with Crippen molar-refractivity contribution in [3.05, 3.63) is 36.0 Å². The van der Waals surface area contributed by atoms with E-state index in [9.17, 15) is 18.3 Å². The summed E-state index contributed by atoms with van der Waals surface area (Å²) in [7, 11) is 0. The van der Waals surface area contributed by atoms with Crippen molar-refractivity contribution in [3.63, 3.8) is 0 Å². The lowest BCUT2D eigenvalue weighted by atomic mass is 10.0. The lowest BCUT2D eigenvalue weighted by Gasteiger charge is -2.32. The number of hydrogen-bond donors (Lipinski definition) is 1. The Morgan fingerprint density at radius 3 is 2.48 bits per heavy atom. The van der Waals surface area contributed by atoms with Gasteiger partial charge in [-0.15, -0.1) is 0 Å². The molecule has 0 bridgehead atoms. The van der Waals surface area contributed by atoms with Crippen LogP contribution in [-0.2, 0) is 6.18 Å². The average Bonchev–Trinajstić information content (AvgIpc) is 2.46. The molecule has 0 saturated carbocycles. The Morgan fingerprint density at radius 2 is 1.81 bits per heavy atom. The molecule has 21 heavy (non-hydrogen) atoms. The summed E-state index contributed by atoms with van der Waals surface area (Å²) in [5.74, 6) is 0. The molecule has 112 valence electrons. The molecule has 6 heteroatoms. The number of hydrogen-bond acceptors (Lipinski definition) is 3. The van der Waals surface area contributed by atoms with Crippen LogP contribution in [0.3, 0.4) is 0 Å². The summed E-state index contributed by atoms with van der Waals surface area (Å²) in [6.45, 7) is 1.10. The Labute approximate surface area is 120 Å². The van der Waals surface area contributed by atoms with Gasteiger partial charge in [-0.1, -0.05) is 18.2 Å². The first-order chi connectivity index (χ1) is 9.95. The zero-order valence-corrected chi connectivity index (χ0v) is 11.3. The van der Waals surface area contributed by atoms with Crippen LogP contribution < -0.4 is 4.90 Å². The van der Waals surface area contributed by atoms with Gasteiger partial charge in [-0.3, -0.25) is 0 Å². The minimum atomic E-state index is -4.46. The van der Waals surface area contributed by atoms with Crippen molar-refractivity contribution in [2.75, 3.05) is 18.0 Å². The van der Waals surface area contributed by atoms with E-state index in [0.29, 0.717) is 42.5 Å². The summed E-state index contributed by atoms with van der Waals surface area (Å²) in [5.41, 5.74) is 0.00981. The number of aliphatic hydroxyl groups is 1. The number of aromatic nitrogens is 1. The van der Waals surface area contributed by atoms with Gasteiger partial charge < -0.3 is 10.0 Å². The Morgan fingerprint density at radius 1 is 1.14 bits per heavy atom. The molecule has 3 nitrogen and oxygen atoms in total. The molecule has 1 N–H and O–H groups in total. The first-order valence-electron chi connectivity index (χ1n) is 6.85. The Bertz CT molecular complexity index is 649. The molecule has 1 aliphatic rings. The van der Waals surface area contributed by atoms with Crippen molar-refractivity contribution < 1.29 is 18.3 Å². The predicted molar refractivity (Wildman–Crippen MR) is 74.2 cm³/mol. The van der Waals surface area contributed by atoms with E-state index in [1.165, 1.54) is 0 Å². The van der Waals surface area contributed by atoms with Crippen LogP contribution >= 0.6 is 0 Å². The number of nitrogens with zero attached hydrogens (tertiary/aromatic N) is 2. The second kappa shape index (κ2) is 5.18. The van der Waals surface area contributed by atoms with Crippen LogP contribution in [0, 0.1) is 0 Å². The zero-order valence-electron chi connectivity index (χ0n) is 11.3. The fourth-order valence-corrected chi connectivity index (χ4v) is 2.67. The Hall–Kier alpha value is -1.82. The van der Waals surface area contributed by atoms with E-state index in [-0.39, 0.29) is 6.10 Å². The van der Waals surface area contributed by atoms with Gasteiger partial charge in [-0.05, 0) is 25.0 Å². The number of aliphatic hydroxyl groups excluding tert-OH is 1. The van der Waals surface area contributed by atoms with E-state index in [2.05, 4.69) is 4.98 Å². The monoisotopic (exact) mass is 296 g/mol. The summed E-state index contributed by atoms with van der Waals surface area (Å²) < 4.78 is 39.0. The number of halogens is 3. The molecular weight excluding hydrogens is 281 g/mol. The SMILES string of the molecule is OC1CCN(c2cc(C(F)(F)F)nc3ccccc23)CC1. The maximum atomic E-state index is 13.0. The molecule has 0 atom stereocenters. The van der Waals surface area contributed by atoms with Crippen molar-refractivity contribution >= 4 is 16.6 Å². The number of benzene rings is 1. The molecular formula is C15H15F3N2O. The van der Waals surface area contributed by atoms with Crippen molar-refractivity contribution in [2.24, 2.45) is 0 Å². The molecule has 1 fully saturated rings. The lowest BCUT2D eigenvalue weighted by Crippen LogP contribution is -2.36. The number of alkyl halides is 3. The summed E-state index contributed by atoms with van der Waals surface area (Å²) in [4.78, 5) is 5.61. The van der Waals surface area contributed by atoms with Gasteiger partial charge in [0.25, 0.3) is 0 Å². The molecule has 0 spiro atoms. The Kier molecular flexibility index (Phi) is 3.49. The molecule has 0 amide bonds. The van der Waals surface area contributed by atoms with Crippen LogP contribution in [0.25, 0.3) is 10.9 Å². The van der Waals surface area contributed by atoms with Crippen LogP contribution in [0.1, 0.15) is 18.5 Å². The van der Waals surface area contributed by atoms with Gasteiger partial charge in [0.15, 0.2) is 0 Å². The highest BCUT2D eigenvalue weighted by Gasteiger charge is 2.34. The van der Waals surface area contributed by atoms with E-state index in [1.807, 2.05) is 4.90 Å². The molecule has 1 saturated heterocycles. The van der Waals surface area contributed by atoms with Gasteiger partial charge in [0, 0.05) is 24.2 Å². The third kappa shape index (κ3) is 2.81. The molecule has 1 aromatic carbocycles. The van der Waals surface area contributed by atoms with Gasteiger partial charge in [-0.25, -0.2) is 4.98 Å². The maximum absolute atomic E-state index is 13.0. The minimum absolute atomic E-state index is 0.341. The first-order valence-corrected chi connectivity index (χ1v) is 6.85. The van der Waals surface area contributed by atoms with Crippen LogP contribution in [0.5, 0.6) is 0 Å². The molecule has 0 radical (unpaired) electrons. The second-order valence-corrected chi connectivity index (χ2v) is 5.26. The van der Waals surface area contributed by atoms with Crippen LogP contribution in [0.4, 0.5) is 18.9 Å². The predicted octanol–water partition coefficient (Wildman–Crippen LogP) is 3.21. The van der Waals surface area contributed by atoms with E-state index < -0.39 is 11.9 Å². The van der Waals surface area contributed by atoms with Crippen LogP contribution in [0.2, 0.25) is 0 Å². The van der Waals surface area contributed by atoms with Gasteiger partial charge in [0.2, 0.25) is 0 Å². The van der Waals surface area contributed by atoms with Crippen molar-refractivity contribution in [3.8, 4) is 0 Å². The number of piperidine rings is 1. The van der Waals surface area contributed by atoms with E-state index in [1.54, 1.807) is 24.3 Å². The normalized spacial score (nSPS) is 17.4. The standard InChI is InChI=1S/C15H15F3N2O/c16-15(17,18)14-9-13(20-7-5-10(21)6-8-20)11-3-1-2-4-12(11)19-14/h1-4,9-10,21H,5-8H2. The third-order valence-corrected chi connectivity index (χ3v) is 3.79. The fraction of sp³-hybridized carbons (Fsp3) is 0.400. The van der Waals surface area contributed by atoms with Gasteiger partial charge in [-0.2, -0.15) is 13.2 Å². The van der Waals surface area contributed by atoms with E-state index in [4.69, 9.17) is 0 Å². The quantitative estimate of drug-likeness (QED) is 0.878. The Balaban J connectivity index is 2.11. The summed E-state index contributed by atoms with van der Waals surface area (Å²) in [6, 6.07) is 7.95. The molecule has 1 aliphatic heterocycles. The molecule has 0 unspecified atom stereocenters. The maximum Gasteiger partial charge on any atom is 0.433 e. The molecule has 1 aromatic heterocycles. The number of fused-ring (bicyclic) bond motifs is 1. The minimum Gasteiger partial charge on any atom is -0.393 e. The van der Waals surface area contributed by atoms with Crippen LogP contribution in [0.15, 0.2) is 30.3 Å². The van der Waals surface area contributed by atoms with Crippen LogP contribution in [-0.4, -0.2) is 29.3 Å². The summed E-state index contributed by atoms with van der Waals surface area (Å²) in [6.07, 6.45) is -3.69.